The van der Waals surface area contributed by atoms with Crippen LogP contribution >= 0.6 is 0 Å². The third-order valence-corrected chi connectivity index (χ3v) is 3.93. The van der Waals surface area contributed by atoms with Gasteiger partial charge in [0.2, 0.25) is 6.79 Å². The molecule has 0 saturated carbocycles. The van der Waals surface area contributed by atoms with E-state index in [0.29, 0.717) is 39.7 Å². The minimum Gasteiger partial charge on any atom is -0.455 e. The van der Waals surface area contributed by atoms with Gasteiger partial charge in [0, 0.05) is 11.1 Å². The van der Waals surface area contributed by atoms with E-state index in [-0.39, 0.29) is 12.7 Å². The summed E-state index contributed by atoms with van der Waals surface area (Å²) in [5, 5.41) is 13.1. The molecule has 2 heterocycles. The lowest BCUT2D eigenvalue weighted by molar-refractivity contribution is 0.0954. The van der Waals surface area contributed by atoms with Crippen LogP contribution in [-0.2, 0) is 0 Å². The molecule has 0 fully saturated rings. The Morgan fingerprint density at radius 3 is 2.85 bits per heavy atom. The highest BCUT2D eigenvalue weighted by Crippen LogP contribution is 2.32. The van der Waals surface area contributed by atoms with Crippen molar-refractivity contribution in [1.29, 1.82) is 5.26 Å². The van der Waals surface area contributed by atoms with Gasteiger partial charge >= 0.3 is 0 Å². The van der Waals surface area contributed by atoms with E-state index < -0.39 is 0 Å². The second-order valence-electron chi connectivity index (χ2n) is 5.63. The molecule has 2 aromatic carbocycles. The average molecular weight is 359 g/mol. The summed E-state index contributed by atoms with van der Waals surface area (Å²) in [5.74, 6) is 1.75. The maximum absolute atomic E-state index is 12.2. The number of hydrogen-bond acceptors (Lipinski definition) is 6. The summed E-state index contributed by atoms with van der Waals surface area (Å²) in [6.45, 7) is 0.147. The molecule has 1 aliphatic rings. The molecular weight excluding hydrogens is 346 g/mol. The SMILES string of the molecule is N#Cc1ccccc1-c1ccc(/C=N\NC(=O)c2ccc3c(c2)OCO3)o1. The summed E-state index contributed by atoms with van der Waals surface area (Å²) in [7, 11) is 0. The predicted octanol–water partition coefficient (Wildman–Crippen LogP) is 3.31. The standard InChI is InChI=1S/C20H13N3O4/c21-10-14-3-1-2-4-16(14)17-8-6-15(27-17)11-22-23-20(24)13-5-7-18-19(9-13)26-12-25-18/h1-9,11H,12H2,(H,23,24)/b22-11-. The summed E-state index contributed by atoms with van der Waals surface area (Å²) >= 11 is 0. The number of amides is 1. The van der Waals surface area contributed by atoms with Crippen LogP contribution in [-0.4, -0.2) is 18.9 Å². The number of rotatable bonds is 4. The lowest BCUT2D eigenvalue weighted by Gasteiger charge is -2.01. The largest absolute Gasteiger partial charge is 0.455 e. The molecule has 0 unspecified atom stereocenters. The van der Waals surface area contributed by atoms with Crippen LogP contribution in [0.3, 0.4) is 0 Å². The van der Waals surface area contributed by atoms with E-state index in [1.54, 1.807) is 48.5 Å². The first-order valence-corrected chi connectivity index (χ1v) is 8.07. The third-order valence-electron chi connectivity index (χ3n) is 3.93. The molecule has 4 rings (SSSR count). The summed E-state index contributed by atoms with van der Waals surface area (Å²) < 4.78 is 16.1. The Bertz CT molecular complexity index is 1080. The average Bonchev–Trinajstić information content (AvgIpc) is 3.36. The molecule has 0 atom stereocenters. The number of ether oxygens (including phenoxy) is 2. The number of nitrogens with zero attached hydrogens (tertiary/aromatic N) is 2. The van der Waals surface area contributed by atoms with E-state index in [4.69, 9.17) is 13.9 Å². The number of benzene rings is 2. The number of carbonyl (C=O) groups is 1. The van der Waals surface area contributed by atoms with Gasteiger partial charge in [-0.15, -0.1) is 0 Å². The minimum absolute atomic E-state index is 0.147. The van der Waals surface area contributed by atoms with E-state index in [2.05, 4.69) is 16.6 Å². The van der Waals surface area contributed by atoms with Crippen molar-refractivity contribution < 1.29 is 18.7 Å². The topological polar surface area (TPSA) is 96.9 Å². The molecule has 0 radical (unpaired) electrons. The Labute approximate surface area is 154 Å². The molecule has 0 aliphatic carbocycles. The fraction of sp³-hybridized carbons (Fsp3) is 0.0500. The van der Waals surface area contributed by atoms with E-state index in [0.717, 1.165) is 0 Å². The lowest BCUT2D eigenvalue weighted by atomic mass is 10.1. The summed E-state index contributed by atoms with van der Waals surface area (Å²) in [6.07, 6.45) is 1.39. The highest BCUT2D eigenvalue weighted by molar-refractivity contribution is 5.95. The zero-order valence-corrected chi connectivity index (χ0v) is 14.0. The Hall–Kier alpha value is -4.05. The van der Waals surface area contributed by atoms with Gasteiger partial charge in [0.15, 0.2) is 11.5 Å². The van der Waals surface area contributed by atoms with Crippen LogP contribution in [0.4, 0.5) is 0 Å². The number of hydrazone groups is 1. The third kappa shape index (κ3) is 3.37. The van der Waals surface area contributed by atoms with Crippen molar-refractivity contribution in [3.63, 3.8) is 0 Å². The van der Waals surface area contributed by atoms with Crippen LogP contribution in [0, 0.1) is 11.3 Å². The Balaban J connectivity index is 1.44. The Kier molecular flexibility index (Phi) is 4.29. The number of hydrogen-bond donors (Lipinski definition) is 1. The van der Waals surface area contributed by atoms with Gasteiger partial charge in [-0.2, -0.15) is 10.4 Å². The first-order chi connectivity index (χ1) is 13.2. The van der Waals surface area contributed by atoms with Crippen LogP contribution in [0.1, 0.15) is 21.7 Å². The Morgan fingerprint density at radius 2 is 1.96 bits per heavy atom. The maximum Gasteiger partial charge on any atom is 0.271 e. The van der Waals surface area contributed by atoms with Crippen LogP contribution in [0.2, 0.25) is 0 Å². The molecule has 1 aromatic heterocycles. The monoisotopic (exact) mass is 359 g/mol. The number of nitrogens with one attached hydrogen (secondary N) is 1. The van der Waals surface area contributed by atoms with Crippen molar-refractivity contribution in [2.24, 2.45) is 5.10 Å². The van der Waals surface area contributed by atoms with Crippen molar-refractivity contribution in [3.8, 4) is 28.9 Å². The number of fused-ring (bicyclic) bond motifs is 1. The molecule has 0 bridgehead atoms. The Morgan fingerprint density at radius 1 is 1.11 bits per heavy atom. The van der Waals surface area contributed by atoms with Crippen molar-refractivity contribution in [2.45, 2.75) is 0 Å². The zero-order valence-electron chi connectivity index (χ0n) is 14.0. The highest BCUT2D eigenvalue weighted by atomic mass is 16.7. The van der Waals surface area contributed by atoms with E-state index in [9.17, 15) is 10.1 Å². The zero-order chi connectivity index (χ0) is 18.6. The van der Waals surface area contributed by atoms with E-state index in [1.807, 2.05) is 6.07 Å². The van der Waals surface area contributed by atoms with Crippen molar-refractivity contribution in [2.75, 3.05) is 6.79 Å². The second-order valence-corrected chi connectivity index (χ2v) is 5.63. The van der Waals surface area contributed by atoms with E-state index >= 15 is 0 Å². The van der Waals surface area contributed by atoms with Crippen LogP contribution < -0.4 is 14.9 Å². The van der Waals surface area contributed by atoms with Gasteiger partial charge in [0.1, 0.15) is 11.5 Å². The van der Waals surface area contributed by atoms with E-state index in [1.165, 1.54) is 6.21 Å². The summed E-state index contributed by atoms with van der Waals surface area (Å²) in [4.78, 5) is 12.2. The van der Waals surface area contributed by atoms with Gasteiger partial charge in [-0.3, -0.25) is 4.79 Å². The number of carbonyl (C=O) groups excluding carboxylic acids is 1. The van der Waals surface area contributed by atoms with Crippen molar-refractivity contribution in [3.05, 3.63) is 71.5 Å². The molecule has 3 aromatic rings. The molecule has 7 heteroatoms. The molecule has 0 saturated heterocycles. The van der Waals surface area contributed by atoms with Gasteiger partial charge in [-0.25, -0.2) is 5.43 Å². The van der Waals surface area contributed by atoms with Gasteiger partial charge in [-0.05, 0) is 42.5 Å². The molecule has 1 aliphatic heterocycles. The first kappa shape index (κ1) is 16.4. The first-order valence-electron chi connectivity index (χ1n) is 8.07. The van der Waals surface area contributed by atoms with Crippen LogP contribution in [0.15, 0.2) is 64.1 Å². The molecular formula is C20H13N3O4. The maximum atomic E-state index is 12.2. The fourth-order valence-electron chi connectivity index (χ4n) is 2.62. The van der Waals surface area contributed by atoms with Gasteiger partial charge in [-0.1, -0.05) is 12.1 Å². The number of nitriles is 1. The minimum atomic E-state index is -0.383. The smallest absolute Gasteiger partial charge is 0.271 e. The van der Waals surface area contributed by atoms with Gasteiger partial charge in [0.05, 0.1) is 17.8 Å². The molecule has 1 N–H and O–H groups in total. The molecule has 132 valence electrons. The number of furan rings is 1. The fourth-order valence-corrected chi connectivity index (χ4v) is 2.62. The van der Waals surface area contributed by atoms with Crippen molar-refractivity contribution >= 4 is 12.1 Å². The quantitative estimate of drug-likeness (QED) is 0.569. The molecule has 1 amide bonds. The summed E-state index contributed by atoms with van der Waals surface area (Å²) in [5.41, 5.74) is 4.05. The predicted molar refractivity (Wildman–Crippen MR) is 96.5 cm³/mol. The molecule has 0 spiro atoms. The van der Waals surface area contributed by atoms with Crippen LogP contribution in [0.25, 0.3) is 11.3 Å². The molecule has 7 nitrogen and oxygen atoms in total. The van der Waals surface area contributed by atoms with Crippen molar-refractivity contribution in [1.82, 2.24) is 5.43 Å². The normalized spacial score (nSPS) is 12.1. The lowest BCUT2D eigenvalue weighted by Crippen LogP contribution is -2.17. The highest BCUT2D eigenvalue weighted by Gasteiger charge is 2.16. The van der Waals surface area contributed by atoms with Gasteiger partial charge in [0.25, 0.3) is 5.91 Å². The summed E-state index contributed by atoms with van der Waals surface area (Å²) in [6, 6.07) is 17.6. The van der Waals surface area contributed by atoms with Gasteiger partial charge < -0.3 is 13.9 Å². The second kappa shape index (κ2) is 7.06. The van der Waals surface area contributed by atoms with Crippen LogP contribution in [0.5, 0.6) is 11.5 Å². The molecule has 27 heavy (non-hydrogen) atoms.